The fourth-order valence-electron chi connectivity index (χ4n) is 2.67. The summed E-state index contributed by atoms with van der Waals surface area (Å²) in [5.41, 5.74) is 2.72. The summed E-state index contributed by atoms with van der Waals surface area (Å²) in [6.07, 6.45) is 3.57. The predicted octanol–water partition coefficient (Wildman–Crippen LogP) is 3.08. The zero-order valence-electron chi connectivity index (χ0n) is 14.6. The third kappa shape index (κ3) is 3.74. The number of fused-ring (bicyclic) bond motifs is 1. The molecule has 2 rings (SSSR count). The Labute approximate surface area is 132 Å². The number of pyridine rings is 1. The molecule has 0 saturated heterocycles. The van der Waals surface area contributed by atoms with Crippen molar-refractivity contribution in [1.29, 1.82) is 0 Å². The lowest BCUT2D eigenvalue weighted by Crippen LogP contribution is -2.28. The van der Waals surface area contributed by atoms with Crippen LogP contribution in [0.25, 0.3) is 5.65 Å². The molecule has 0 aliphatic heterocycles. The normalized spacial score (nSPS) is 12.5. The molecule has 0 radical (unpaired) electrons. The molecule has 0 spiro atoms. The Kier molecular flexibility index (Phi) is 4.71. The van der Waals surface area contributed by atoms with Crippen LogP contribution < -0.4 is 5.56 Å². The van der Waals surface area contributed by atoms with E-state index in [1.165, 1.54) is 5.56 Å². The number of hydrogen-bond donors (Lipinski definition) is 0. The Morgan fingerprint density at radius 1 is 1.32 bits per heavy atom. The largest absolute Gasteiger partial charge is 0.302 e. The molecular weight excluding hydrogens is 274 g/mol. The first kappa shape index (κ1) is 16.7. The SMILES string of the molecule is CC(C)CN(C)Cc1cnc2cc(C(C)(C)C)ccn2c1=O. The van der Waals surface area contributed by atoms with E-state index in [0.717, 1.165) is 12.1 Å². The molecular formula is C18H27N3O. The molecule has 0 bridgehead atoms. The standard InChI is InChI=1S/C18H27N3O/c1-13(2)11-20(6)12-14-10-19-16-9-15(18(3,4)5)7-8-21(16)17(14)22/h7-10,13H,11-12H2,1-6H3. The van der Waals surface area contributed by atoms with Crippen molar-refractivity contribution in [2.24, 2.45) is 5.92 Å². The molecule has 2 heterocycles. The van der Waals surface area contributed by atoms with Crippen molar-refractivity contribution in [2.75, 3.05) is 13.6 Å². The highest BCUT2D eigenvalue weighted by Gasteiger charge is 2.15. The van der Waals surface area contributed by atoms with Gasteiger partial charge >= 0.3 is 0 Å². The second kappa shape index (κ2) is 6.21. The smallest absolute Gasteiger partial charge is 0.262 e. The van der Waals surface area contributed by atoms with Crippen LogP contribution in [0.1, 0.15) is 45.7 Å². The van der Waals surface area contributed by atoms with E-state index < -0.39 is 0 Å². The first-order valence-electron chi connectivity index (χ1n) is 7.88. The first-order valence-corrected chi connectivity index (χ1v) is 7.88. The topological polar surface area (TPSA) is 37.6 Å². The third-order valence-corrected chi connectivity index (χ3v) is 3.76. The molecule has 0 unspecified atom stereocenters. The molecule has 0 fully saturated rings. The molecule has 0 N–H and O–H groups in total. The maximum atomic E-state index is 12.6. The Bertz CT molecular complexity index is 710. The summed E-state index contributed by atoms with van der Waals surface area (Å²) >= 11 is 0. The second-order valence-corrected chi connectivity index (χ2v) is 7.57. The van der Waals surface area contributed by atoms with E-state index in [-0.39, 0.29) is 11.0 Å². The molecule has 0 aromatic carbocycles. The Morgan fingerprint density at radius 3 is 2.59 bits per heavy atom. The van der Waals surface area contributed by atoms with E-state index in [4.69, 9.17) is 0 Å². The lowest BCUT2D eigenvalue weighted by atomic mass is 9.88. The summed E-state index contributed by atoms with van der Waals surface area (Å²) in [6, 6.07) is 4.01. The van der Waals surface area contributed by atoms with Gasteiger partial charge in [0, 0.05) is 25.5 Å². The Hall–Kier alpha value is -1.68. The molecule has 0 aliphatic rings. The Balaban J connectivity index is 2.37. The van der Waals surface area contributed by atoms with Crippen molar-refractivity contribution < 1.29 is 0 Å². The molecule has 2 aromatic heterocycles. The summed E-state index contributed by atoms with van der Waals surface area (Å²) < 4.78 is 1.65. The van der Waals surface area contributed by atoms with Crippen molar-refractivity contribution in [1.82, 2.24) is 14.3 Å². The van der Waals surface area contributed by atoms with Crippen LogP contribution in [-0.2, 0) is 12.0 Å². The van der Waals surface area contributed by atoms with Crippen LogP contribution in [0.5, 0.6) is 0 Å². The summed E-state index contributed by atoms with van der Waals surface area (Å²) in [4.78, 5) is 19.3. The minimum absolute atomic E-state index is 0.0288. The highest BCUT2D eigenvalue weighted by molar-refractivity contribution is 5.43. The quantitative estimate of drug-likeness (QED) is 0.871. The average Bonchev–Trinajstić information content (AvgIpc) is 2.39. The van der Waals surface area contributed by atoms with Crippen LogP contribution in [0.3, 0.4) is 0 Å². The van der Waals surface area contributed by atoms with Crippen molar-refractivity contribution in [3.63, 3.8) is 0 Å². The molecule has 0 saturated carbocycles. The van der Waals surface area contributed by atoms with Crippen molar-refractivity contribution in [3.05, 3.63) is 46.0 Å². The van der Waals surface area contributed by atoms with Gasteiger partial charge in [0.2, 0.25) is 0 Å². The van der Waals surface area contributed by atoms with Crippen molar-refractivity contribution in [3.8, 4) is 0 Å². The number of hydrogen-bond acceptors (Lipinski definition) is 3. The summed E-state index contributed by atoms with van der Waals surface area (Å²) in [6.45, 7) is 12.4. The third-order valence-electron chi connectivity index (χ3n) is 3.76. The molecule has 0 atom stereocenters. The van der Waals surface area contributed by atoms with Crippen LogP contribution in [0.4, 0.5) is 0 Å². The minimum atomic E-state index is 0.0288. The molecule has 22 heavy (non-hydrogen) atoms. The van der Waals surface area contributed by atoms with Gasteiger partial charge in [-0.15, -0.1) is 0 Å². The molecule has 0 amide bonds. The highest BCUT2D eigenvalue weighted by Crippen LogP contribution is 2.22. The maximum Gasteiger partial charge on any atom is 0.262 e. The van der Waals surface area contributed by atoms with E-state index >= 15 is 0 Å². The van der Waals surface area contributed by atoms with E-state index in [1.807, 2.05) is 25.4 Å². The van der Waals surface area contributed by atoms with Crippen LogP contribution >= 0.6 is 0 Å². The molecule has 0 aliphatic carbocycles. The zero-order valence-corrected chi connectivity index (χ0v) is 14.6. The Morgan fingerprint density at radius 2 is 2.00 bits per heavy atom. The van der Waals surface area contributed by atoms with Gasteiger partial charge < -0.3 is 4.90 Å². The predicted molar refractivity (Wildman–Crippen MR) is 91.3 cm³/mol. The zero-order chi connectivity index (χ0) is 16.5. The summed E-state index contributed by atoms with van der Waals surface area (Å²) in [5, 5.41) is 0. The number of rotatable bonds is 4. The van der Waals surface area contributed by atoms with Gasteiger partial charge in [0.15, 0.2) is 0 Å². The average molecular weight is 301 g/mol. The van der Waals surface area contributed by atoms with E-state index in [2.05, 4.69) is 44.5 Å². The molecule has 2 aromatic rings. The van der Waals surface area contributed by atoms with Crippen LogP contribution in [0, 0.1) is 5.92 Å². The molecule has 120 valence electrons. The van der Waals surface area contributed by atoms with Gasteiger partial charge in [-0.1, -0.05) is 34.6 Å². The van der Waals surface area contributed by atoms with Gasteiger partial charge in [-0.25, -0.2) is 4.98 Å². The van der Waals surface area contributed by atoms with E-state index in [9.17, 15) is 4.79 Å². The summed E-state index contributed by atoms with van der Waals surface area (Å²) in [7, 11) is 2.04. The van der Waals surface area contributed by atoms with E-state index in [1.54, 1.807) is 10.6 Å². The van der Waals surface area contributed by atoms with Crippen LogP contribution in [-0.4, -0.2) is 27.9 Å². The monoisotopic (exact) mass is 301 g/mol. The second-order valence-electron chi connectivity index (χ2n) is 7.57. The number of nitrogens with zero attached hydrogens (tertiary/aromatic N) is 3. The molecule has 4 nitrogen and oxygen atoms in total. The van der Waals surface area contributed by atoms with Crippen molar-refractivity contribution in [2.45, 2.75) is 46.6 Å². The fourth-order valence-corrected chi connectivity index (χ4v) is 2.67. The van der Waals surface area contributed by atoms with Crippen LogP contribution in [0.15, 0.2) is 29.3 Å². The lowest BCUT2D eigenvalue weighted by Gasteiger charge is -2.20. The van der Waals surface area contributed by atoms with Gasteiger partial charge in [0.1, 0.15) is 5.65 Å². The highest BCUT2D eigenvalue weighted by atomic mass is 16.1. The van der Waals surface area contributed by atoms with Gasteiger partial charge in [-0.3, -0.25) is 9.20 Å². The minimum Gasteiger partial charge on any atom is -0.302 e. The van der Waals surface area contributed by atoms with Gasteiger partial charge in [0.05, 0.1) is 5.56 Å². The lowest BCUT2D eigenvalue weighted by molar-refractivity contribution is 0.287. The fraction of sp³-hybridized carbons (Fsp3) is 0.556. The number of aromatic nitrogens is 2. The van der Waals surface area contributed by atoms with E-state index in [0.29, 0.717) is 18.1 Å². The maximum absolute atomic E-state index is 12.6. The summed E-state index contributed by atoms with van der Waals surface area (Å²) in [5.74, 6) is 0.579. The van der Waals surface area contributed by atoms with Crippen molar-refractivity contribution >= 4 is 5.65 Å². The van der Waals surface area contributed by atoms with Gasteiger partial charge in [-0.2, -0.15) is 0 Å². The van der Waals surface area contributed by atoms with Crippen LogP contribution in [0.2, 0.25) is 0 Å². The first-order chi connectivity index (χ1) is 10.2. The van der Waals surface area contributed by atoms with Gasteiger partial charge in [-0.05, 0) is 36.1 Å². The molecule has 4 heteroatoms. The van der Waals surface area contributed by atoms with Gasteiger partial charge in [0.25, 0.3) is 5.56 Å².